The van der Waals surface area contributed by atoms with Gasteiger partial charge < -0.3 is 10.2 Å². The van der Waals surface area contributed by atoms with E-state index in [0.29, 0.717) is 48.9 Å². The smallest absolute Gasteiger partial charge is 0.337 e. The molecule has 1 atom stereocenters. The summed E-state index contributed by atoms with van der Waals surface area (Å²) in [5.41, 5.74) is -0.0183. The van der Waals surface area contributed by atoms with E-state index < -0.39 is 17.8 Å². The molecule has 1 aliphatic heterocycles. The Morgan fingerprint density at radius 3 is 2.32 bits per heavy atom. The SMILES string of the molecule is CC(C(=O)Nc1ccc(C(F)(F)F)cc1)N1CCCN(C(=O)c2ccccc2Cl)CC1. The molecule has 1 heterocycles. The molecule has 2 aromatic rings. The van der Waals surface area contributed by atoms with E-state index in [1.54, 1.807) is 36.1 Å². The predicted molar refractivity (Wildman–Crippen MR) is 113 cm³/mol. The van der Waals surface area contributed by atoms with E-state index >= 15 is 0 Å². The van der Waals surface area contributed by atoms with Crippen LogP contribution in [0.5, 0.6) is 0 Å². The third-order valence-corrected chi connectivity index (χ3v) is 5.66. The number of nitrogens with zero attached hydrogens (tertiary/aromatic N) is 2. The summed E-state index contributed by atoms with van der Waals surface area (Å²) in [5.74, 6) is -0.458. The molecule has 0 aliphatic carbocycles. The van der Waals surface area contributed by atoms with Crippen LogP contribution in [0.15, 0.2) is 48.5 Å². The molecule has 1 unspecified atom stereocenters. The molecule has 0 saturated carbocycles. The lowest BCUT2D eigenvalue weighted by Crippen LogP contribution is -2.44. The number of anilines is 1. The van der Waals surface area contributed by atoms with Gasteiger partial charge in [-0.05, 0) is 49.7 Å². The highest BCUT2D eigenvalue weighted by Crippen LogP contribution is 2.30. The second-order valence-corrected chi connectivity index (χ2v) is 7.81. The molecule has 31 heavy (non-hydrogen) atoms. The Morgan fingerprint density at radius 1 is 1.00 bits per heavy atom. The summed E-state index contributed by atoms with van der Waals surface area (Å²) in [6.07, 6.45) is -3.73. The number of benzene rings is 2. The van der Waals surface area contributed by atoms with Crippen molar-refractivity contribution in [3.05, 3.63) is 64.7 Å². The van der Waals surface area contributed by atoms with Gasteiger partial charge in [0, 0.05) is 31.9 Å². The van der Waals surface area contributed by atoms with Gasteiger partial charge in [-0.15, -0.1) is 0 Å². The average Bonchev–Trinajstić information content (AvgIpc) is 2.99. The Kier molecular flexibility index (Phi) is 7.23. The highest BCUT2D eigenvalue weighted by molar-refractivity contribution is 6.33. The van der Waals surface area contributed by atoms with Crippen molar-refractivity contribution in [2.24, 2.45) is 0 Å². The number of carbonyl (C=O) groups excluding carboxylic acids is 2. The molecule has 3 rings (SSSR count). The zero-order valence-corrected chi connectivity index (χ0v) is 17.7. The Morgan fingerprint density at radius 2 is 1.68 bits per heavy atom. The maximum Gasteiger partial charge on any atom is 0.416 e. The first-order valence-corrected chi connectivity index (χ1v) is 10.3. The van der Waals surface area contributed by atoms with E-state index in [9.17, 15) is 22.8 Å². The summed E-state index contributed by atoms with van der Waals surface area (Å²) in [6, 6.07) is 10.7. The van der Waals surface area contributed by atoms with E-state index in [0.717, 1.165) is 12.1 Å². The maximum atomic E-state index is 12.8. The van der Waals surface area contributed by atoms with E-state index in [1.165, 1.54) is 12.1 Å². The van der Waals surface area contributed by atoms with Crippen molar-refractivity contribution in [2.45, 2.75) is 25.6 Å². The molecule has 2 aromatic carbocycles. The van der Waals surface area contributed by atoms with Crippen LogP contribution in [0.1, 0.15) is 29.3 Å². The molecule has 1 N–H and O–H groups in total. The van der Waals surface area contributed by atoms with Crippen LogP contribution in [0.4, 0.5) is 18.9 Å². The van der Waals surface area contributed by atoms with Gasteiger partial charge in [-0.1, -0.05) is 23.7 Å². The minimum absolute atomic E-state index is 0.144. The van der Waals surface area contributed by atoms with Crippen LogP contribution in [0.3, 0.4) is 0 Å². The fourth-order valence-electron chi connectivity index (χ4n) is 3.49. The number of hydrogen-bond acceptors (Lipinski definition) is 3. The highest BCUT2D eigenvalue weighted by atomic mass is 35.5. The zero-order valence-electron chi connectivity index (χ0n) is 17.0. The van der Waals surface area contributed by atoms with Crippen molar-refractivity contribution in [2.75, 3.05) is 31.5 Å². The molecule has 1 saturated heterocycles. The molecule has 9 heteroatoms. The van der Waals surface area contributed by atoms with E-state index in [2.05, 4.69) is 5.32 Å². The van der Waals surface area contributed by atoms with Crippen LogP contribution in [0.25, 0.3) is 0 Å². The predicted octanol–water partition coefficient (Wildman–Crippen LogP) is 4.53. The number of alkyl halides is 3. The van der Waals surface area contributed by atoms with E-state index in [1.807, 2.05) is 4.90 Å². The summed E-state index contributed by atoms with van der Waals surface area (Å²) >= 11 is 6.14. The van der Waals surface area contributed by atoms with Gasteiger partial charge >= 0.3 is 6.18 Å². The van der Waals surface area contributed by atoms with Crippen LogP contribution < -0.4 is 5.32 Å². The topological polar surface area (TPSA) is 52.7 Å². The molecule has 0 bridgehead atoms. The van der Waals surface area contributed by atoms with Gasteiger partial charge in [-0.25, -0.2) is 0 Å². The van der Waals surface area contributed by atoms with Crippen LogP contribution in [0.2, 0.25) is 5.02 Å². The fraction of sp³-hybridized carbons (Fsp3) is 0.364. The number of halogens is 4. The Labute approximate surface area is 183 Å². The molecule has 1 fully saturated rings. The number of hydrogen-bond donors (Lipinski definition) is 1. The van der Waals surface area contributed by atoms with Gasteiger partial charge in [0.2, 0.25) is 5.91 Å². The van der Waals surface area contributed by atoms with E-state index in [-0.39, 0.29) is 11.8 Å². The van der Waals surface area contributed by atoms with Gasteiger partial charge in [0.1, 0.15) is 0 Å². The van der Waals surface area contributed by atoms with Gasteiger partial charge in [-0.2, -0.15) is 13.2 Å². The van der Waals surface area contributed by atoms with Gasteiger partial charge in [0.05, 0.1) is 22.2 Å². The third kappa shape index (κ3) is 5.77. The van der Waals surface area contributed by atoms with Crippen molar-refractivity contribution >= 4 is 29.1 Å². The summed E-state index contributed by atoms with van der Waals surface area (Å²) in [7, 11) is 0. The van der Waals surface area contributed by atoms with Gasteiger partial charge in [-0.3, -0.25) is 14.5 Å². The molecular formula is C22H23ClF3N3O2. The Hall–Kier alpha value is -2.58. The maximum absolute atomic E-state index is 12.8. The summed E-state index contributed by atoms with van der Waals surface area (Å²) in [6.45, 7) is 3.85. The molecule has 0 radical (unpaired) electrons. The van der Waals surface area contributed by atoms with Crippen molar-refractivity contribution in [3.63, 3.8) is 0 Å². The Balaban J connectivity index is 1.58. The second kappa shape index (κ2) is 9.70. The highest BCUT2D eigenvalue weighted by Gasteiger charge is 2.30. The number of carbonyl (C=O) groups is 2. The van der Waals surface area contributed by atoms with Crippen molar-refractivity contribution < 1.29 is 22.8 Å². The minimum Gasteiger partial charge on any atom is -0.337 e. The average molecular weight is 454 g/mol. The first kappa shape index (κ1) is 23.1. The standard InChI is InChI=1S/C22H23ClF3N3O2/c1-15(20(30)27-17-9-7-16(8-10-17)22(24,25)26)28-11-4-12-29(14-13-28)21(31)18-5-2-3-6-19(18)23/h2-3,5-10,15H,4,11-14H2,1H3,(H,27,30). The lowest BCUT2D eigenvalue weighted by Gasteiger charge is -2.27. The van der Waals surface area contributed by atoms with Crippen molar-refractivity contribution in [1.82, 2.24) is 9.80 Å². The monoisotopic (exact) mass is 453 g/mol. The Bertz CT molecular complexity index is 934. The minimum atomic E-state index is -4.42. The van der Waals surface area contributed by atoms with Crippen LogP contribution in [-0.2, 0) is 11.0 Å². The van der Waals surface area contributed by atoms with Crippen LogP contribution in [-0.4, -0.2) is 53.8 Å². The third-order valence-electron chi connectivity index (χ3n) is 5.33. The lowest BCUT2D eigenvalue weighted by atomic mass is 10.2. The first-order chi connectivity index (χ1) is 14.7. The normalized spacial score (nSPS) is 16.5. The zero-order chi connectivity index (χ0) is 22.6. The van der Waals surface area contributed by atoms with Crippen LogP contribution >= 0.6 is 11.6 Å². The number of rotatable bonds is 4. The molecule has 0 spiro atoms. The van der Waals surface area contributed by atoms with Crippen molar-refractivity contribution in [3.8, 4) is 0 Å². The lowest BCUT2D eigenvalue weighted by molar-refractivity contribution is -0.137. The molecule has 5 nitrogen and oxygen atoms in total. The van der Waals surface area contributed by atoms with Crippen LogP contribution in [0, 0.1) is 0 Å². The molecule has 2 amide bonds. The molecule has 1 aliphatic rings. The fourth-order valence-corrected chi connectivity index (χ4v) is 3.70. The summed E-state index contributed by atoms with van der Waals surface area (Å²) < 4.78 is 38.0. The first-order valence-electron chi connectivity index (χ1n) is 9.93. The number of nitrogens with one attached hydrogen (secondary N) is 1. The van der Waals surface area contributed by atoms with Gasteiger partial charge in [0.25, 0.3) is 5.91 Å². The second-order valence-electron chi connectivity index (χ2n) is 7.40. The van der Waals surface area contributed by atoms with E-state index in [4.69, 9.17) is 11.6 Å². The number of amides is 2. The van der Waals surface area contributed by atoms with Gasteiger partial charge in [0.15, 0.2) is 0 Å². The largest absolute Gasteiger partial charge is 0.416 e. The molecule has 0 aromatic heterocycles. The quantitative estimate of drug-likeness (QED) is 0.739. The van der Waals surface area contributed by atoms with Crippen molar-refractivity contribution in [1.29, 1.82) is 0 Å². The summed E-state index contributed by atoms with van der Waals surface area (Å²) in [5, 5.41) is 3.06. The molecular weight excluding hydrogens is 431 g/mol. The summed E-state index contributed by atoms with van der Waals surface area (Å²) in [4.78, 5) is 29.1. The molecule has 166 valence electrons.